The molecule has 1 N–H and O–H groups in total. The van der Waals surface area contributed by atoms with Gasteiger partial charge in [0.15, 0.2) is 5.54 Å². The molecule has 0 bridgehead atoms. The van der Waals surface area contributed by atoms with Crippen LogP contribution < -0.4 is 9.64 Å². The SMILES string of the molecule is CCCCN1C(=O)[C@@]2(C(=C(O)c3ccc(OC)cc3)C(=O)C(=O)N2CCOC)c2ccccc21. The molecule has 8 heteroatoms. The lowest BCUT2D eigenvalue weighted by Crippen LogP contribution is -2.52. The number of amides is 2. The summed E-state index contributed by atoms with van der Waals surface area (Å²) in [7, 11) is 3.01. The van der Waals surface area contributed by atoms with E-state index in [-0.39, 0.29) is 18.7 Å². The molecule has 2 aromatic rings. The van der Waals surface area contributed by atoms with Crippen molar-refractivity contribution in [2.45, 2.75) is 25.3 Å². The van der Waals surface area contributed by atoms with E-state index < -0.39 is 28.9 Å². The molecule has 178 valence electrons. The van der Waals surface area contributed by atoms with Crippen LogP contribution in [-0.4, -0.2) is 61.5 Å². The van der Waals surface area contributed by atoms with Crippen LogP contribution in [0.2, 0.25) is 0 Å². The number of ketones is 1. The standard InChI is InChI=1S/C26H28N2O6/c1-4-5-14-27-20-9-7-6-8-19(20)26(25(27)32)21(23(30)24(31)28(26)15-16-33-2)22(29)17-10-12-18(34-3)13-11-17/h6-13,29H,4-5,14-16H2,1-3H3/t26-/m0/s1. The Bertz CT molecular complexity index is 1160. The number of fused-ring (bicyclic) bond motifs is 2. The van der Waals surface area contributed by atoms with Gasteiger partial charge >= 0.3 is 0 Å². The van der Waals surface area contributed by atoms with Crippen molar-refractivity contribution in [2.24, 2.45) is 0 Å². The zero-order valence-electron chi connectivity index (χ0n) is 19.5. The molecule has 34 heavy (non-hydrogen) atoms. The number of methoxy groups -OCH3 is 2. The summed E-state index contributed by atoms with van der Waals surface area (Å²) in [6.45, 7) is 2.60. The highest BCUT2D eigenvalue weighted by Gasteiger charge is 2.66. The van der Waals surface area contributed by atoms with Gasteiger partial charge in [-0.25, -0.2) is 0 Å². The number of benzene rings is 2. The Morgan fingerprint density at radius 2 is 1.71 bits per heavy atom. The number of hydrogen-bond donors (Lipinski definition) is 1. The van der Waals surface area contributed by atoms with Crippen molar-refractivity contribution in [3.63, 3.8) is 0 Å². The van der Waals surface area contributed by atoms with Crippen molar-refractivity contribution in [1.82, 2.24) is 4.90 Å². The molecule has 2 aliphatic heterocycles. The van der Waals surface area contributed by atoms with Gasteiger partial charge in [-0.05, 0) is 36.8 Å². The number of hydrogen-bond acceptors (Lipinski definition) is 6. The summed E-state index contributed by atoms with van der Waals surface area (Å²) in [6.07, 6.45) is 1.61. The summed E-state index contributed by atoms with van der Waals surface area (Å²) >= 11 is 0. The Morgan fingerprint density at radius 3 is 2.35 bits per heavy atom. The lowest BCUT2D eigenvalue weighted by molar-refractivity contribution is -0.144. The van der Waals surface area contributed by atoms with Gasteiger partial charge in [0.2, 0.25) is 0 Å². The Kier molecular flexibility index (Phi) is 6.43. The fraction of sp³-hybridized carbons (Fsp3) is 0.346. The molecule has 8 nitrogen and oxygen atoms in total. The van der Waals surface area contributed by atoms with Crippen molar-refractivity contribution < 1.29 is 29.0 Å². The molecule has 0 unspecified atom stereocenters. The second-order valence-corrected chi connectivity index (χ2v) is 8.27. The van der Waals surface area contributed by atoms with Crippen molar-refractivity contribution in [1.29, 1.82) is 0 Å². The monoisotopic (exact) mass is 464 g/mol. The van der Waals surface area contributed by atoms with E-state index in [0.717, 1.165) is 12.8 Å². The minimum Gasteiger partial charge on any atom is -0.507 e. The summed E-state index contributed by atoms with van der Waals surface area (Å²) in [5, 5.41) is 11.4. The maximum absolute atomic E-state index is 14.2. The normalized spacial score (nSPS) is 21.0. The molecule has 0 radical (unpaired) electrons. The molecule has 2 aliphatic rings. The molecule has 2 aromatic carbocycles. The van der Waals surface area contributed by atoms with Gasteiger partial charge in [-0.15, -0.1) is 0 Å². The van der Waals surface area contributed by atoms with Crippen LogP contribution in [0.4, 0.5) is 5.69 Å². The van der Waals surface area contributed by atoms with Crippen LogP contribution in [0.15, 0.2) is 54.1 Å². The minimum absolute atomic E-state index is 0.0160. The molecule has 1 saturated heterocycles. The zero-order chi connectivity index (χ0) is 24.5. The molecule has 0 aliphatic carbocycles. The maximum atomic E-state index is 14.2. The zero-order valence-corrected chi connectivity index (χ0v) is 19.5. The predicted octanol–water partition coefficient (Wildman–Crippen LogP) is 3.06. The number of para-hydroxylation sites is 1. The molecule has 1 spiro atoms. The van der Waals surface area contributed by atoms with Crippen LogP contribution in [0, 0.1) is 0 Å². The van der Waals surface area contributed by atoms with Crippen molar-refractivity contribution >= 4 is 29.0 Å². The average molecular weight is 465 g/mol. The highest BCUT2D eigenvalue weighted by molar-refractivity contribution is 6.50. The van der Waals surface area contributed by atoms with Gasteiger partial charge < -0.3 is 24.4 Å². The van der Waals surface area contributed by atoms with E-state index in [1.807, 2.05) is 19.1 Å². The quantitative estimate of drug-likeness (QED) is 0.366. The first-order valence-electron chi connectivity index (χ1n) is 11.3. The van der Waals surface area contributed by atoms with Crippen molar-refractivity contribution in [3.05, 3.63) is 65.2 Å². The maximum Gasteiger partial charge on any atom is 0.296 e. The third kappa shape index (κ3) is 3.37. The number of carbonyl (C=O) groups excluding carboxylic acids is 3. The number of aliphatic hydroxyl groups is 1. The van der Waals surface area contributed by atoms with E-state index in [4.69, 9.17) is 9.47 Å². The molecule has 4 rings (SSSR count). The molecular formula is C26H28N2O6. The van der Waals surface area contributed by atoms with Gasteiger partial charge in [-0.2, -0.15) is 0 Å². The summed E-state index contributed by atoms with van der Waals surface area (Å²) in [5.74, 6) is -1.99. The van der Waals surface area contributed by atoms with Gasteiger partial charge in [0.1, 0.15) is 11.5 Å². The number of unbranched alkanes of at least 4 members (excludes halogenated alkanes) is 1. The Labute approximate surface area is 198 Å². The van der Waals surface area contributed by atoms with Crippen LogP contribution >= 0.6 is 0 Å². The van der Waals surface area contributed by atoms with Crippen LogP contribution in [0.1, 0.15) is 30.9 Å². The van der Waals surface area contributed by atoms with Crippen LogP contribution in [0.3, 0.4) is 0 Å². The van der Waals surface area contributed by atoms with Gasteiger partial charge in [0.05, 0.1) is 25.0 Å². The van der Waals surface area contributed by atoms with Gasteiger partial charge in [-0.3, -0.25) is 14.4 Å². The summed E-state index contributed by atoms with van der Waals surface area (Å²) in [4.78, 5) is 43.7. The molecule has 1 fully saturated rings. The molecule has 2 heterocycles. The van der Waals surface area contributed by atoms with Crippen LogP contribution in [0.5, 0.6) is 5.75 Å². The number of aliphatic hydroxyl groups excluding tert-OH is 1. The largest absolute Gasteiger partial charge is 0.507 e. The summed E-state index contributed by atoms with van der Waals surface area (Å²) in [6, 6.07) is 13.6. The minimum atomic E-state index is -1.76. The van der Waals surface area contributed by atoms with E-state index in [1.54, 1.807) is 41.3 Å². The molecule has 2 amide bonds. The van der Waals surface area contributed by atoms with Crippen molar-refractivity contribution in [3.8, 4) is 5.75 Å². The van der Waals surface area contributed by atoms with Crippen LogP contribution in [0.25, 0.3) is 5.76 Å². The Hall–Kier alpha value is -3.65. The summed E-state index contributed by atoms with van der Waals surface area (Å²) < 4.78 is 10.4. The van der Waals surface area contributed by atoms with Gasteiger partial charge in [0, 0.05) is 31.3 Å². The van der Waals surface area contributed by atoms with Gasteiger partial charge in [-0.1, -0.05) is 31.5 Å². The number of ether oxygens (including phenoxy) is 2. The van der Waals surface area contributed by atoms with E-state index in [1.165, 1.54) is 19.1 Å². The molecule has 0 aromatic heterocycles. The fourth-order valence-electron chi connectivity index (χ4n) is 4.78. The third-order valence-corrected chi connectivity index (χ3v) is 6.43. The Balaban J connectivity index is 2.00. The van der Waals surface area contributed by atoms with E-state index in [2.05, 4.69) is 0 Å². The number of Topliss-reactive ketones (excluding diaryl/α,β-unsaturated/α-hetero) is 1. The molecular weight excluding hydrogens is 436 g/mol. The fourth-order valence-corrected chi connectivity index (χ4v) is 4.78. The average Bonchev–Trinajstić information content (AvgIpc) is 3.24. The second kappa shape index (κ2) is 9.30. The lowest BCUT2D eigenvalue weighted by atomic mass is 9.82. The summed E-state index contributed by atoms with van der Waals surface area (Å²) in [5.41, 5.74) is -0.550. The molecule has 1 atom stereocenters. The lowest BCUT2D eigenvalue weighted by Gasteiger charge is -2.34. The van der Waals surface area contributed by atoms with Crippen molar-refractivity contribution in [2.75, 3.05) is 38.8 Å². The molecule has 0 saturated carbocycles. The smallest absolute Gasteiger partial charge is 0.296 e. The first kappa shape index (κ1) is 23.5. The van der Waals surface area contributed by atoms with Crippen LogP contribution in [-0.2, 0) is 24.7 Å². The third-order valence-electron chi connectivity index (χ3n) is 6.43. The first-order chi connectivity index (χ1) is 16.4. The van der Waals surface area contributed by atoms with E-state index in [0.29, 0.717) is 29.1 Å². The van der Waals surface area contributed by atoms with Gasteiger partial charge in [0.25, 0.3) is 17.6 Å². The number of carbonyl (C=O) groups is 3. The highest BCUT2D eigenvalue weighted by Crippen LogP contribution is 2.53. The highest BCUT2D eigenvalue weighted by atomic mass is 16.5. The van der Waals surface area contributed by atoms with E-state index >= 15 is 0 Å². The number of anilines is 1. The van der Waals surface area contributed by atoms with E-state index in [9.17, 15) is 19.5 Å². The number of rotatable bonds is 8. The topological polar surface area (TPSA) is 96.4 Å². The Morgan fingerprint density at radius 1 is 1.00 bits per heavy atom. The number of likely N-dealkylation sites (tertiary alicyclic amines) is 1. The first-order valence-corrected chi connectivity index (χ1v) is 11.3. The number of nitrogens with zero attached hydrogens (tertiary/aromatic N) is 2. The second-order valence-electron chi connectivity index (χ2n) is 8.27. The predicted molar refractivity (Wildman–Crippen MR) is 127 cm³/mol.